The van der Waals surface area contributed by atoms with Crippen LogP contribution >= 0.6 is 0 Å². The minimum atomic E-state index is -0.716. The number of aryl methyl sites for hydroxylation is 1. The highest BCUT2D eigenvalue weighted by Gasteiger charge is 2.22. The Kier molecular flexibility index (Phi) is 5.41. The van der Waals surface area contributed by atoms with Gasteiger partial charge in [0.05, 0.1) is 12.6 Å². The second-order valence-corrected chi connectivity index (χ2v) is 7.05. The van der Waals surface area contributed by atoms with Crippen LogP contribution in [0.25, 0.3) is 22.2 Å². The van der Waals surface area contributed by atoms with Crippen molar-refractivity contribution in [2.75, 3.05) is 7.11 Å². The Morgan fingerprint density at radius 2 is 1.64 bits per heavy atom. The zero-order chi connectivity index (χ0) is 20.7. The number of aromatic amines is 1. The molecule has 1 N–H and O–H groups in total. The van der Waals surface area contributed by atoms with Gasteiger partial charge >= 0.3 is 5.97 Å². The fraction of sp³-hybridized carbons (Fsp3) is 0.167. The maximum atomic E-state index is 14.5. The van der Waals surface area contributed by atoms with Gasteiger partial charge in [0.25, 0.3) is 0 Å². The summed E-state index contributed by atoms with van der Waals surface area (Å²) in [6.45, 7) is 0. The number of H-pyrrole nitrogens is 1. The molecule has 2 aromatic carbocycles. The summed E-state index contributed by atoms with van der Waals surface area (Å²) < 4.78 is 47.5. The summed E-state index contributed by atoms with van der Waals surface area (Å²) in [6, 6.07) is 2.06. The number of carbonyl (C=O) groups is 1. The van der Waals surface area contributed by atoms with Crippen LogP contribution in [-0.4, -0.2) is 49.4 Å². The Hall–Kier alpha value is -2.50. The van der Waals surface area contributed by atoms with Gasteiger partial charge in [-0.1, -0.05) is 21.9 Å². The zero-order valence-electron chi connectivity index (χ0n) is 16.5. The molecule has 0 saturated heterocycles. The molecule has 0 saturated carbocycles. The van der Waals surface area contributed by atoms with Gasteiger partial charge in [-0.15, -0.1) is 0 Å². The molecule has 0 fully saturated rings. The molecule has 0 unspecified atom stereocenters. The number of aromatic nitrogens is 1. The maximum Gasteiger partial charge on any atom is 0.305 e. The minimum Gasteiger partial charge on any atom is -0.469 e. The van der Waals surface area contributed by atoms with Crippen LogP contribution in [0, 0.1) is 17.5 Å². The van der Waals surface area contributed by atoms with E-state index < -0.39 is 17.6 Å². The van der Waals surface area contributed by atoms with Gasteiger partial charge in [0, 0.05) is 23.6 Å². The van der Waals surface area contributed by atoms with Crippen LogP contribution in [0.15, 0.2) is 12.1 Å². The van der Waals surface area contributed by atoms with E-state index in [-0.39, 0.29) is 24.2 Å². The van der Waals surface area contributed by atoms with Crippen molar-refractivity contribution in [3.63, 3.8) is 0 Å². The molecule has 3 rings (SSSR count). The first-order chi connectivity index (χ1) is 13.2. The highest BCUT2D eigenvalue weighted by Crippen LogP contribution is 2.32. The van der Waals surface area contributed by atoms with Gasteiger partial charge in [-0.3, -0.25) is 4.79 Å². The van der Waals surface area contributed by atoms with Crippen LogP contribution in [0.4, 0.5) is 13.2 Å². The highest BCUT2D eigenvalue weighted by atomic mass is 19.1. The van der Waals surface area contributed by atoms with Crippen molar-refractivity contribution in [1.82, 2.24) is 4.98 Å². The van der Waals surface area contributed by atoms with E-state index in [1.165, 1.54) is 13.2 Å². The van der Waals surface area contributed by atoms with E-state index >= 15 is 0 Å². The first kappa shape index (κ1) is 20.2. The molecule has 3 aromatic rings. The fourth-order valence-corrected chi connectivity index (χ4v) is 3.72. The monoisotopic (exact) mass is 381 g/mol. The molecule has 10 heteroatoms. The molecule has 1 aromatic heterocycles. The Bertz CT molecular complexity index is 1090. The van der Waals surface area contributed by atoms with Gasteiger partial charge in [0.1, 0.15) is 48.8 Å². The Morgan fingerprint density at radius 3 is 2.21 bits per heavy atom. The summed E-state index contributed by atoms with van der Waals surface area (Å²) in [6.07, 6.45) is 0.297. The molecule has 0 spiro atoms. The SMILES string of the molecule is Bc1c(B)c(-c2[nH]c3c(F)cc(F)cc3c2CCC(=O)OC)c(B)c(B)c1F. The average molecular weight is 381 g/mol. The summed E-state index contributed by atoms with van der Waals surface area (Å²) in [5, 5.41) is 0.370. The van der Waals surface area contributed by atoms with Gasteiger partial charge in [0.15, 0.2) is 0 Å². The number of hydrogen-bond acceptors (Lipinski definition) is 2. The number of halogens is 3. The molecule has 0 bridgehead atoms. The van der Waals surface area contributed by atoms with Crippen molar-refractivity contribution >= 4 is 70.1 Å². The third-order valence-corrected chi connectivity index (χ3v) is 5.52. The third kappa shape index (κ3) is 3.25. The number of hydrogen-bond donors (Lipinski definition) is 1. The van der Waals surface area contributed by atoms with E-state index in [0.717, 1.165) is 11.6 Å². The van der Waals surface area contributed by atoms with Crippen molar-refractivity contribution in [3.8, 4) is 11.3 Å². The molecule has 28 heavy (non-hydrogen) atoms. The van der Waals surface area contributed by atoms with E-state index in [4.69, 9.17) is 4.74 Å². The van der Waals surface area contributed by atoms with Gasteiger partial charge in [-0.05, 0) is 23.6 Å². The number of benzene rings is 2. The molecule has 0 atom stereocenters. The number of nitrogens with one attached hydrogen (secondary N) is 1. The summed E-state index contributed by atoms with van der Waals surface area (Å²) in [5.74, 6) is -2.11. The molecular formula is C18H18B4F3NO2. The lowest BCUT2D eigenvalue weighted by molar-refractivity contribution is -0.140. The Morgan fingerprint density at radius 1 is 1.04 bits per heavy atom. The fourth-order valence-electron chi connectivity index (χ4n) is 3.72. The van der Waals surface area contributed by atoms with E-state index in [0.29, 0.717) is 38.5 Å². The summed E-state index contributed by atoms with van der Waals surface area (Å²) in [5.41, 5.74) is 4.52. The number of methoxy groups -OCH3 is 1. The lowest BCUT2D eigenvalue weighted by Crippen LogP contribution is -2.46. The van der Waals surface area contributed by atoms with Crippen LogP contribution in [0.2, 0.25) is 0 Å². The third-order valence-electron chi connectivity index (χ3n) is 5.52. The van der Waals surface area contributed by atoms with E-state index in [1.807, 2.05) is 0 Å². The first-order valence-electron chi connectivity index (χ1n) is 9.00. The van der Waals surface area contributed by atoms with Crippen LogP contribution in [0.5, 0.6) is 0 Å². The van der Waals surface area contributed by atoms with Crippen LogP contribution in [0.1, 0.15) is 12.0 Å². The predicted octanol–water partition coefficient (Wildman–Crippen LogP) is -2.61. The minimum absolute atomic E-state index is 0.0613. The summed E-state index contributed by atoms with van der Waals surface area (Å²) in [7, 11) is 8.27. The van der Waals surface area contributed by atoms with E-state index in [1.54, 1.807) is 31.4 Å². The lowest BCUT2D eigenvalue weighted by atomic mass is 9.66. The standard InChI is InChI=1S/C18H18B4F3NO2/c1-28-10(27)3-2-7-8-4-6(23)5-9(24)17(8)26-18(7)11-12(19)14(21)16(25)15(22)13(11)20/h4-5,26H,2-3,19-22H2,1H3. The number of fused-ring (bicyclic) bond motifs is 1. The smallest absolute Gasteiger partial charge is 0.305 e. The predicted molar refractivity (Wildman–Crippen MR) is 117 cm³/mol. The molecule has 0 aliphatic heterocycles. The van der Waals surface area contributed by atoms with Crippen LogP contribution < -0.4 is 21.9 Å². The molecule has 140 valence electrons. The Balaban J connectivity index is 2.35. The van der Waals surface area contributed by atoms with E-state index in [2.05, 4.69) is 4.98 Å². The van der Waals surface area contributed by atoms with Crippen molar-refractivity contribution in [2.24, 2.45) is 0 Å². The molecular weight excluding hydrogens is 362 g/mol. The Labute approximate surface area is 164 Å². The normalized spacial score (nSPS) is 11.1. The summed E-state index contributed by atoms with van der Waals surface area (Å²) in [4.78, 5) is 14.7. The van der Waals surface area contributed by atoms with Crippen LogP contribution in [-0.2, 0) is 16.0 Å². The quantitative estimate of drug-likeness (QED) is 0.398. The van der Waals surface area contributed by atoms with Gasteiger partial charge in [0.2, 0.25) is 0 Å². The van der Waals surface area contributed by atoms with Gasteiger partial charge in [-0.25, -0.2) is 13.2 Å². The number of ether oxygens (including phenoxy) is 1. The maximum absolute atomic E-state index is 14.5. The van der Waals surface area contributed by atoms with Gasteiger partial charge < -0.3 is 9.72 Å². The van der Waals surface area contributed by atoms with E-state index in [9.17, 15) is 18.0 Å². The second-order valence-electron chi connectivity index (χ2n) is 7.05. The summed E-state index contributed by atoms with van der Waals surface area (Å²) >= 11 is 0. The van der Waals surface area contributed by atoms with Crippen LogP contribution in [0.3, 0.4) is 0 Å². The van der Waals surface area contributed by atoms with Crippen molar-refractivity contribution < 1.29 is 22.7 Å². The molecule has 1 heterocycles. The molecule has 3 nitrogen and oxygen atoms in total. The van der Waals surface area contributed by atoms with Crippen molar-refractivity contribution in [3.05, 3.63) is 35.1 Å². The number of esters is 1. The average Bonchev–Trinajstić information content (AvgIpc) is 3.01. The largest absolute Gasteiger partial charge is 0.469 e. The molecule has 0 radical (unpaired) electrons. The second kappa shape index (κ2) is 7.49. The highest BCUT2D eigenvalue weighted by molar-refractivity contribution is 6.59. The molecule has 0 aliphatic carbocycles. The van der Waals surface area contributed by atoms with Gasteiger partial charge in [-0.2, -0.15) is 0 Å². The number of rotatable bonds is 4. The first-order valence-corrected chi connectivity index (χ1v) is 9.00. The lowest BCUT2D eigenvalue weighted by Gasteiger charge is -2.18. The molecule has 0 aliphatic rings. The number of carbonyl (C=O) groups excluding carboxylic acids is 1. The molecule has 0 amide bonds. The van der Waals surface area contributed by atoms with Crippen molar-refractivity contribution in [2.45, 2.75) is 12.8 Å². The topological polar surface area (TPSA) is 42.1 Å². The van der Waals surface area contributed by atoms with Crippen molar-refractivity contribution in [1.29, 1.82) is 0 Å². The zero-order valence-corrected chi connectivity index (χ0v) is 16.5.